The Labute approximate surface area is 129 Å². The van der Waals surface area contributed by atoms with Crippen molar-refractivity contribution in [1.29, 1.82) is 0 Å². The van der Waals surface area contributed by atoms with Crippen molar-refractivity contribution < 1.29 is 8.42 Å². The van der Waals surface area contributed by atoms with Crippen molar-refractivity contribution in [2.75, 3.05) is 31.4 Å². The first kappa shape index (κ1) is 15.8. The van der Waals surface area contributed by atoms with Gasteiger partial charge in [-0.2, -0.15) is 12.7 Å². The fraction of sp³-hybridized carbons (Fsp3) is 0.538. The van der Waals surface area contributed by atoms with E-state index in [9.17, 15) is 8.42 Å². The Morgan fingerprint density at radius 3 is 2.55 bits per heavy atom. The number of nitrogens with zero attached hydrogens (tertiary/aromatic N) is 1. The minimum Gasteiger partial charge on any atom is -0.319 e. The molecule has 0 unspecified atom stereocenters. The molecule has 112 valence electrons. The van der Waals surface area contributed by atoms with Gasteiger partial charge in [0.2, 0.25) is 0 Å². The third kappa shape index (κ3) is 3.94. The molecule has 0 amide bonds. The number of para-hydroxylation sites is 1. The van der Waals surface area contributed by atoms with Gasteiger partial charge in [0, 0.05) is 17.6 Å². The van der Waals surface area contributed by atoms with E-state index in [1.54, 1.807) is 6.07 Å². The monoisotopic (exact) mass is 361 g/mol. The van der Waals surface area contributed by atoms with Crippen molar-refractivity contribution in [2.24, 2.45) is 5.92 Å². The van der Waals surface area contributed by atoms with Gasteiger partial charge in [-0.25, -0.2) is 0 Å². The Kier molecular flexibility index (Phi) is 5.42. The predicted octanol–water partition coefficient (Wildman–Crippen LogP) is 2.04. The van der Waals surface area contributed by atoms with Crippen LogP contribution in [0.15, 0.2) is 28.7 Å². The average Bonchev–Trinajstić information content (AvgIpc) is 2.42. The summed E-state index contributed by atoms with van der Waals surface area (Å²) < 4.78 is 29.6. The molecule has 1 aromatic rings. The molecule has 0 spiro atoms. The zero-order valence-corrected chi connectivity index (χ0v) is 13.9. The molecule has 7 heteroatoms. The molecule has 20 heavy (non-hydrogen) atoms. The normalized spacial score (nSPS) is 18.1. The van der Waals surface area contributed by atoms with Crippen LogP contribution >= 0.6 is 15.9 Å². The van der Waals surface area contributed by atoms with Crippen LogP contribution in [0.2, 0.25) is 0 Å². The second-order valence-corrected chi connectivity index (χ2v) is 7.51. The smallest absolute Gasteiger partial charge is 0.301 e. The molecule has 1 saturated heterocycles. The predicted molar refractivity (Wildman–Crippen MR) is 84.9 cm³/mol. The first-order valence-corrected chi connectivity index (χ1v) is 8.93. The van der Waals surface area contributed by atoms with Gasteiger partial charge in [-0.1, -0.05) is 12.1 Å². The standard InChI is InChI=1S/C13H20BrN3O2S/c1-15-10-11-6-8-17(9-7-11)20(18,19)16-13-5-3-2-4-12(13)14/h2-5,11,15-16H,6-10H2,1H3. The summed E-state index contributed by atoms with van der Waals surface area (Å²) in [6, 6.07) is 7.22. The van der Waals surface area contributed by atoms with Crippen LogP contribution in [0.5, 0.6) is 0 Å². The molecule has 1 heterocycles. The average molecular weight is 362 g/mol. The van der Waals surface area contributed by atoms with Crippen molar-refractivity contribution >= 4 is 31.8 Å². The Bertz CT molecular complexity index is 542. The van der Waals surface area contributed by atoms with Gasteiger partial charge in [-0.05, 0) is 60.4 Å². The highest BCUT2D eigenvalue weighted by Gasteiger charge is 2.27. The fourth-order valence-corrected chi connectivity index (χ4v) is 4.18. The van der Waals surface area contributed by atoms with E-state index < -0.39 is 10.2 Å². The maximum atomic E-state index is 12.4. The van der Waals surface area contributed by atoms with Crippen molar-refractivity contribution in [3.05, 3.63) is 28.7 Å². The number of hydrogen-bond acceptors (Lipinski definition) is 3. The number of rotatable bonds is 5. The van der Waals surface area contributed by atoms with Crippen LogP contribution in [0.25, 0.3) is 0 Å². The van der Waals surface area contributed by atoms with Gasteiger partial charge >= 0.3 is 10.2 Å². The molecule has 0 aliphatic carbocycles. The molecular weight excluding hydrogens is 342 g/mol. The Hall–Kier alpha value is -0.630. The van der Waals surface area contributed by atoms with Crippen molar-refractivity contribution in [3.63, 3.8) is 0 Å². The molecule has 1 aliphatic rings. The lowest BCUT2D eigenvalue weighted by molar-refractivity contribution is 0.272. The van der Waals surface area contributed by atoms with E-state index in [-0.39, 0.29) is 0 Å². The molecule has 0 saturated carbocycles. The lowest BCUT2D eigenvalue weighted by Crippen LogP contribution is -2.43. The number of piperidine rings is 1. The van der Waals surface area contributed by atoms with Gasteiger partial charge in [0.05, 0.1) is 5.69 Å². The topological polar surface area (TPSA) is 61.4 Å². The van der Waals surface area contributed by atoms with Crippen LogP contribution in [-0.2, 0) is 10.2 Å². The maximum Gasteiger partial charge on any atom is 0.301 e. The van der Waals surface area contributed by atoms with Crippen molar-refractivity contribution in [2.45, 2.75) is 12.8 Å². The van der Waals surface area contributed by atoms with E-state index in [4.69, 9.17) is 0 Å². The third-order valence-corrected chi connectivity index (χ3v) is 5.73. The lowest BCUT2D eigenvalue weighted by Gasteiger charge is -2.31. The summed E-state index contributed by atoms with van der Waals surface area (Å²) >= 11 is 3.35. The van der Waals surface area contributed by atoms with Crippen LogP contribution in [0.1, 0.15) is 12.8 Å². The molecule has 0 bridgehead atoms. The third-order valence-electron chi connectivity index (χ3n) is 3.52. The summed E-state index contributed by atoms with van der Waals surface area (Å²) in [7, 11) is -1.54. The quantitative estimate of drug-likeness (QED) is 0.843. The van der Waals surface area contributed by atoms with E-state index in [1.807, 2.05) is 25.2 Å². The van der Waals surface area contributed by atoms with Gasteiger partial charge < -0.3 is 5.32 Å². The van der Waals surface area contributed by atoms with Gasteiger partial charge in [0.1, 0.15) is 0 Å². The lowest BCUT2D eigenvalue weighted by atomic mass is 9.98. The van der Waals surface area contributed by atoms with E-state index in [2.05, 4.69) is 26.0 Å². The molecule has 1 aliphatic heterocycles. The minimum atomic E-state index is -3.46. The van der Waals surface area contributed by atoms with Gasteiger partial charge in [0.25, 0.3) is 0 Å². The highest BCUT2D eigenvalue weighted by Crippen LogP contribution is 2.25. The summed E-state index contributed by atoms with van der Waals surface area (Å²) in [5.74, 6) is 0.565. The number of halogens is 1. The van der Waals surface area contributed by atoms with Crippen LogP contribution in [0.3, 0.4) is 0 Å². The van der Waals surface area contributed by atoms with Crippen LogP contribution in [0.4, 0.5) is 5.69 Å². The Balaban J connectivity index is 2.00. The van der Waals surface area contributed by atoms with Crippen molar-refractivity contribution in [1.82, 2.24) is 9.62 Å². The molecule has 1 fully saturated rings. The van der Waals surface area contributed by atoms with E-state index in [0.717, 1.165) is 23.9 Å². The fourth-order valence-electron chi connectivity index (χ4n) is 2.39. The van der Waals surface area contributed by atoms with Gasteiger partial charge in [-0.3, -0.25) is 4.72 Å². The van der Waals surface area contributed by atoms with E-state index in [0.29, 0.717) is 24.7 Å². The molecule has 0 aromatic heterocycles. The molecule has 2 N–H and O–H groups in total. The molecule has 0 radical (unpaired) electrons. The molecule has 5 nitrogen and oxygen atoms in total. The number of nitrogens with one attached hydrogen (secondary N) is 2. The first-order chi connectivity index (χ1) is 9.53. The van der Waals surface area contributed by atoms with E-state index >= 15 is 0 Å². The summed E-state index contributed by atoms with van der Waals surface area (Å²) in [4.78, 5) is 0. The van der Waals surface area contributed by atoms with Crippen LogP contribution < -0.4 is 10.0 Å². The second kappa shape index (κ2) is 6.89. The highest BCUT2D eigenvalue weighted by atomic mass is 79.9. The molecule has 2 rings (SSSR count). The number of hydrogen-bond donors (Lipinski definition) is 2. The number of anilines is 1. The van der Waals surface area contributed by atoms with Gasteiger partial charge in [-0.15, -0.1) is 0 Å². The summed E-state index contributed by atoms with van der Waals surface area (Å²) in [6.07, 6.45) is 1.80. The first-order valence-electron chi connectivity index (χ1n) is 6.70. The zero-order valence-electron chi connectivity index (χ0n) is 11.5. The highest BCUT2D eigenvalue weighted by molar-refractivity contribution is 9.10. The summed E-state index contributed by atoms with van der Waals surface area (Å²) in [6.45, 7) is 2.10. The Morgan fingerprint density at radius 2 is 1.95 bits per heavy atom. The number of benzene rings is 1. The molecule has 1 aromatic carbocycles. The largest absolute Gasteiger partial charge is 0.319 e. The summed E-state index contributed by atoms with van der Waals surface area (Å²) in [5.41, 5.74) is 0.574. The maximum absolute atomic E-state index is 12.4. The Morgan fingerprint density at radius 1 is 1.30 bits per heavy atom. The van der Waals surface area contributed by atoms with Crippen LogP contribution in [0, 0.1) is 5.92 Å². The molecular formula is C13H20BrN3O2S. The SMILES string of the molecule is CNCC1CCN(S(=O)(=O)Nc2ccccc2Br)CC1. The van der Waals surface area contributed by atoms with E-state index in [1.165, 1.54) is 4.31 Å². The van der Waals surface area contributed by atoms with Crippen molar-refractivity contribution in [3.8, 4) is 0 Å². The minimum absolute atomic E-state index is 0.565. The second-order valence-electron chi connectivity index (χ2n) is 4.99. The van der Waals surface area contributed by atoms with Gasteiger partial charge in [0.15, 0.2) is 0 Å². The summed E-state index contributed by atoms with van der Waals surface area (Å²) in [5, 5.41) is 3.15. The molecule has 0 atom stereocenters. The van der Waals surface area contributed by atoms with Crippen LogP contribution in [-0.4, -0.2) is 39.4 Å². The zero-order chi connectivity index (χ0) is 14.6.